The molecular formula is C14H17FN4O2. The lowest BCUT2D eigenvalue weighted by atomic mass is 10.1. The van der Waals surface area contributed by atoms with Crippen LogP contribution in [-0.4, -0.2) is 29.4 Å². The van der Waals surface area contributed by atoms with Crippen LogP contribution in [0, 0.1) is 5.82 Å². The van der Waals surface area contributed by atoms with Crippen LogP contribution in [0.3, 0.4) is 0 Å². The average Bonchev–Trinajstić information content (AvgIpc) is 2.86. The molecule has 6 nitrogen and oxygen atoms in total. The van der Waals surface area contributed by atoms with Crippen LogP contribution in [0.4, 0.5) is 15.8 Å². The Balaban J connectivity index is 2.09. The van der Waals surface area contributed by atoms with Crippen LogP contribution in [-0.2, 0) is 18.2 Å². The first-order chi connectivity index (χ1) is 10.0. The van der Waals surface area contributed by atoms with E-state index in [0.717, 1.165) is 11.8 Å². The Hall–Kier alpha value is -2.57. The van der Waals surface area contributed by atoms with Gasteiger partial charge in [-0.15, -0.1) is 0 Å². The second-order valence-corrected chi connectivity index (χ2v) is 4.53. The molecule has 1 aromatic heterocycles. The molecule has 0 atom stereocenters. The van der Waals surface area contributed by atoms with E-state index in [1.54, 1.807) is 10.9 Å². The fourth-order valence-electron chi connectivity index (χ4n) is 1.98. The Labute approximate surface area is 121 Å². The number of hydrogen-bond acceptors (Lipinski definition) is 5. The van der Waals surface area contributed by atoms with Crippen LogP contribution in [0.2, 0.25) is 0 Å². The molecule has 2 rings (SSSR count). The number of nitrogens with two attached hydrogens (primary N) is 1. The first kappa shape index (κ1) is 14.8. The fourth-order valence-corrected chi connectivity index (χ4v) is 1.98. The van der Waals surface area contributed by atoms with Crippen molar-refractivity contribution in [3.63, 3.8) is 0 Å². The summed E-state index contributed by atoms with van der Waals surface area (Å²) in [5, 5.41) is 7.00. The Morgan fingerprint density at radius 3 is 2.90 bits per heavy atom. The maximum absolute atomic E-state index is 13.8. The molecule has 7 heteroatoms. The molecule has 0 amide bonds. The molecule has 0 aliphatic carbocycles. The number of rotatable bonds is 5. The first-order valence-electron chi connectivity index (χ1n) is 6.41. The van der Waals surface area contributed by atoms with Crippen molar-refractivity contribution in [1.29, 1.82) is 0 Å². The molecule has 0 aliphatic rings. The summed E-state index contributed by atoms with van der Waals surface area (Å²) in [5.74, 6) is -1.10. The molecule has 0 unspecified atom stereocenters. The van der Waals surface area contributed by atoms with Gasteiger partial charge in [-0.25, -0.2) is 9.18 Å². The van der Waals surface area contributed by atoms with Gasteiger partial charge in [0.05, 0.1) is 18.4 Å². The van der Waals surface area contributed by atoms with Gasteiger partial charge in [-0.2, -0.15) is 5.10 Å². The summed E-state index contributed by atoms with van der Waals surface area (Å²) < 4.78 is 20.2. The van der Waals surface area contributed by atoms with Gasteiger partial charge in [0.2, 0.25) is 0 Å². The Morgan fingerprint density at radius 1 is 1.52 bits per heavy atom. The minimum atomic E-state index is -0.595. The molecule has 0 aliphatic heterocycles. The van der Waals surface area contributed by atoms with Crippen molar-refractivity contribution in [2.24, 2.45) is 7.05 Å². The minimum Gasteiger partial charge on any atom is -0.465 e. The lowest BCUT2D eigenvalue weighted by Crippen LogP contribution is -2.12. The van der Waals surface area contributed by atoms with Crippen molar-refractivity contribution in [3.05, 3.63) is 41.5 Å². The third kappa shape index (κ3) is 3.31. The Kier molecular flexibility index (Phi) is 4.42. The number of nitrogens with zero attached hydrogens (tertiary/aromatic N) is 2. The monoisotopic (exact) mass is 292 g/mol. The number of ether oxygens (including phenoxy) is 1. The normalized spacial score (nSPS) is 10.4. The van der Waals surface area contributed by atoms with E-state index in [1.807, 2.05) is 13.1 Å². The molecule has 0 saturated carbocycles. The van der Waals surface area contributed by atoms with Crippen LogP contribution in [0.5, 0.6) is 0 Å². The van der Waals surface area contributed by atoms with Crippen molar-refractivity contribution in [3.8, 4) is 0 Å². The van der Waals surface area contributed by atoms with Gasteiger partial charge in [-0.1, -0.05) is 0 Å². The van der Waals surface area contributed by atoms with Gasteiger partial charge < -0.3 is 15.8 Å². The molecule has 3 N–H and O–H groups in total. The van der Waals surface area contributed by atoms with Crippen LogP contribution in [0.1, 0.15) is 16.1 Å². The van der Waals surface area contributed by atoms with Crippen LogP contribution in [0.25, 0.3) is 0 Å². The van der Waals surface area contributed by atoms with Gasteiger partial charge in [0, 0.05) is 37.6 Å². The van der Waals surface area contributed by atoms with E-state index in [-0.39, 0.29) is 16.9 Å². The lowest BCUT2D eigenvalue weighted by molar-refractivity contribution is 0.0602. The summed E-state index contributed by atoms with van der Waals surface area (Å²) in [6.45, 7) is 0.501. The van der Waals surface area contributed by atoms with E-state index in [0.29, 0.717) is 13.0 Å². The average molecular weight is 292 g/mol. The zero-order chi connectivity index (χ0) is 15.4. The third-order valence-electron chi connectivity index (χ3n) is 3.16. The summed E-state index contributed by atoms with van der Waals surface area (Å²) in [7, 11) is 3.09. The number of aromatic nitrogens is 2. The van der Waals surface area contributed by atoms with Gasteiger partial charge in [0.25, 0.3) is 0 Å². The molecule has 0 saturated heterocycles. The second kappa shape index (κ2) is 6.25. The van der Waals surface area contributed by atoms with Crippen molar-refractivity contribution in [2.75, 3.05) is 24.7 Å². The number of nitrogens with one attached hydrogen (secondary N) is 1. The zero-order valence-electron chi connectivity index (χ0n) is 11.9. The number of carbonyl (C=O) groups is 1. The van der Waals surface area contributed by atoms with Crippen LogP contribution < -0.4 is 11.1 Å². The molecule has 1 aromatic carbocycles. The quantitative estimate of drug-likeness (QED) is 0.646. The molecule has 112 valence electrons. The molecule has 21 heavy (non-hydrogen) atoms. The van der Waals surface area contributed by atoms with Crippen molar-refractivity contribution >= 4 is 17.3 Å². The number of halogens is 1. The van der Waals surface area contributed by atoms with Crippen LogP contribution >= 0.6 is 0 Å². The van der Waals surface area contributed by atoms with Crippen molar-refractivity contribution in [1.82, 2.24) is 9.78 Å². The van der Waals surface area contributed by atoms with E-state index in [9.17, 15) is 9.18 Å². The predicted molar refractivity (Wildman–Crippen MR) is 77.6 cm³/mol. The van der Waals surface area contributed by atoms with Gasteiger partial charge in [-0.3, -0.25) is 4.68 Å². The number of carbonyl (C=O) groups excluding carboxylic acids is 1. The number of aryl methyl sites for hydroxylation is 1. The number of hydrogen-bond donors (Lipinski definition) is 2. The topological polar surface area (TPSA) is 82.2 Å². The molecular weight excluding hydrogens is 275 g/mol. The Morgan fingerprint density at radius 2 is 2.29 bits per heavy atom. The number of methoxy groups -OCH3 is 1. The van der Waals surface area contributed by atoms with E-state index in [1.165, 1.54) is 13.2 Å². The summed E-state index contributed by atoms with van der Waals surface area (Å²) in [6, 6.07) is 4.36. The van der Waals surface area contributed by atoms with Crippen LogP contribution in [0.15, 0.2) is 24.4 Å². The summed E-state index contributed by atoms with van der Waals surface area (Å²) in [4.78, 5) is 11.5. The fraction of sp³-hybridized carbons (Fsp3) is 0.286. The first-order valence-corrected chi connectivity index (χ1v) is 6.41. The van der Waals surface area contributed by atoms with Gasteiger partial charge in [-0.05, 0) is 18.2 Å². The SMILES string of the molecule is COC(=O)c1cc(NCCc2ccnn2C)c(F)cc1N. The molecule has 2 aromatic rings. The summed E-state index contributed by atoms with van der Waals surface area (Å²) in [6.07, 6.45) is 2.38. The highest BCUT2D eigenvalue weighted by atomic mass is 19.1. The summed E-state index contributed by atoms with van der Waals surface area (Å²) >= 11 is 0. The molecule has 0 fully saturated rings. The smallest absolute Gasteiger partial charge is 0.340 e. The van der Waals surface area contributed by atoms with Gasteiger partial charge >= 0.3 is 5.97 Å². The van der Waals surface area contributed by atoms with E-state index in [4.69, 9.17) is 5.73 Å². The largest absolute Gasteiger partial charge is 0.465 e. The third-order valence-corrected chi connectivity index (χ3v) is 3.16. The maximum Gasteiger partial charge on any atom is 0.340 e. The van der Waals surface area contributed by atoms with Crippen molar-refractivity contribution in [2.45, 2.75) is 6.42 Å². The standard InChI is InChI=1S/C14H17FN4O2/c1-19-9(4-6-18-19)3-5-17-13-7-10(14(20)21-2)12(16)8-11(13)15/h4,6-8,17H,3,5,16H2,1-2H3. The highest BCUT2D eigenvalue weighted by molar-refractivity contribution is 5.96. The number of esters is 1. The molecule has 0 radical (unpaired) electrons. The van der Waals surface area contributed by atoms with E-state index >= 15 is 0 Å². The number of nitrogen functional groups attached to an aromatic ring is 1. The van der Waals surface area contributed by atoms with E-state index < -0.39 is 11.8 Å². The second-order valence-electron chi connectivity index (χ2n) is 4.53. The highest BCUT2D eigenvalue weighted by Gasteiger charge is 2.14. The summed E-state index contributed by atoms with van der Waals surface area (Å²) in [5.41, 5.74) is 7.04. The van der Waals surface area contributed by atoms with Gasteiger partial charge in [0.1, 0.15) is 5.82 Å². The highest BCUT2D eigenvalue weighted by Crippen LogP contribution is 2.22. The molecule has 0 bridgehead atoms. The maximum atomic E-state index is 13.8. The number of benzene rings is 1. The van der Waals surface area contributed by atoms with E-state index in [2.05, 4.69) is 15.2 Å². The molecule has 0 spiro atoms. The minimum absolute atomic E-state index is 0.0523. The number of anilines is 2. The van der Waals surface area contributed by atoms with Crippen molar-refractivity contribution < 1.29 is 13.9 Å². The molecule has 1 heterocycles. The predicted octanol–water partition coefficient (Wildman–Crippen LogP) is 1.58. The Bertz CT molecular complexity index is 654. The zero-order valence-corrected chi connectivity index (χ0v) is 11.9. The lowest BCUT2D eigenvalue weighted by Gasteiger charge is -2.11. The van der Waals surface area contributed by atoms with Gasteiger partial charge in [0.15, 0.2) is 0 Å².